The number of esters is 1. The van der Waals surface area contributed by atoms with E-state index in [1.54, 1.807) is 6.42 Å². The maximum atomic E-state index is 10.8. The lowest BCUT2D eigenvalue weighted by molar-refractivity contribution is -0.136. The van der Waals surface area contributed by atoms with Crippen LogP contribution in [0.4, 0.5) is 0 Å². The Morgan fingerprint density at radius 3 is 1.72 bits per heavy atom. The topological polar surface area (TPSA) is 26.3 Å². The van der Waals surface area contributed by atoms with E-state index in [1.165, 1.54) is 71.3 Å². The minimum Gasteiger partial charge on any atom is -0.469 e. The Balaban J connectivity index is 2.97. The van der Waals surface area contributed by atoms with Crippen molar-refractivity contribution in [3.63, 3.8) is 0 Å². The van der Waals surface area contributed by atoms with Crippen molar-refractivity contribution in [2.24, 2.45) is 0 Å². The van der Waals surface area contributed by atoms with Gasteiger partial charge in [0, 0.05) is 0 Å². The van der Waals surface area contributed by atoms with Crippen LogP contribution < -0.4 is 0 Å². The number of rotatable bonds is 13. The van der Waals surface area contributed by atoms with Gasteiger partial charge >= 0.3 is 5.97 Å². The summed E-state index contributed by atoms with van der Waals surface area (Å²) in [6.07, 6.45) is 17.3. The molecule has 0 unspecified atom stereocenters. The van der Waals surface area contributed by atoms with Gasteiger partial charge in [-0.3, -0.25) is 4.79 Å². The highest BCUT2D eigenvalue weighted by atomic mass is 16.5. The molecule has 0 saturated heterocycles. The monoisotopic (exact) mass is 255 g/mol. The first-order valence-corrected chi connectivity index (χ1v) is 7.72. The van der Waals surface area contributed by atoms with E-state index in [-0.39, 0.29) is 5.97 Å². The lowest BCUT2D eigenvalue weighted by Gasteiger charge is -2.02. The molecule has 107 valence electrons. The van der Waals surface area contributed by atoms with Gasteiger partial charge in [-0.25, -0.2) is 0 Å². The SMILES string of the molecule is CCCCCCCCCCCCC[CH]C(=O)OC. The molecule has 0 bridgehead atoms. The minimum absolute atomic E-state index is 0.193. The second kappa shape index (κ2) is 14.5. The number of carbonyl (C=O) groups excluding carboxylic acids is 1. The van der Waals surface area contributed by atoms with Crippen LogP contribution in [0.1, 0.15) is 84.0 Å². The van der Waals surface area contributed by atoms with Gasteiger partial charge in [-0.1, -0.05) is 77.6 Å². The van der Waals surface area contributed by atoms with Gasteiger partial charge in [-0.15, -0.1) is 0 Å². The van der Waals surface area contributed by atoms with Crippen LogP contribution in [-0.2, 0) is 9.53 Å². The number of unbranched alkanes of at least 4 members (excludes halogenated alkanes) is 11. The fourth-order valence-electron chi connectivity index (χ4n) is 2.11. The quantitative estimate of drug-likeness (QED) is 0.339. The third-order valence-corrected chi connectivity index (χ3v) is 3.32. The fourth-order valence-corrected chi connectivity index (χ4v) is 2.11. The predicted molar refractivity (Wildman–Crippen MR) is 77.4 cm³/mol. The van der Waals surface area contributed by atoms with Crippen LogP contribution in [0.25, 0.3) is 0 Å². The normalized spacial score (nSPS) is 10.6. The molecule has 0 fully saturated rings. The molecule has 0 aromatic carbocycles. The number of carbonyl (C=O) groups is 1. The average Bonchev–Trinajstić information content (AvgIpc) is 2.39. The van der Waals surface area contributed by atoms with Crippen molar-refractivity contribution in [1.29, 1.82) is 0 Å². The van der Waals surface area contributed by atoms with E-state index in [0.29, 0.717) is 0 Å². The summed E-state index contributed by atoms with van der Waals surface area (Å²) in [7, 11) is 1.43. The molecule has 0 aromatic rings. The molecule has 0 aromatic heterocycles. The van der Waals surface area contributed by atoms with E-state index in [9.17, 15) is 4.79 Å². The van der Waals surface area contributed by atoms with Crippen molar-refractivity contribution in [3.8, 4) is 0 Å². The Labute approximate surface area is 113 Å². The molecular weight excluding hydrogens is 224 g/mol. The zero-order valence-corrected chi connectivity index (χ0v) is 12.4. The third kappa shape index (κ3) is 13.5. The van der Waals surface area contributed by atoms with E-state index < -0.39 is 0 Å². The number of hydrogen-bond acceptors (Lipinski definition) is 2. The molecule has 0 saturated carbocycles. The second-order valence-electron chi connectivity index (χ2n) is 5.05. The predicted octanol–water partition coefficient (Wildman–Crippen LogP) is 5.06. The Morgan fingerprint density at radius 2 is 1.28 bits per heavy atom. The highest BCUT2D eigenvalue weighted by Crippen LogP contribution is 2.12. The van der Waals surface area contributed by atoms with Gasteiger partial charge in [-0.05, 0) is 6.42 Å². The standard InChI is InChI=1S/C16H31O2/c1-3-4-5-6-7-8-9-10-11-12-13-14-15-16(17)18-2/h15H,3-14H2,1-2H3. The molecule has 1 radical (unpaired) electrons. The molecule has 0 aliphatic carbocycles. The first-order valence-electron chi connectivity index (χ1n) is 7.72. The van der Waals surface area contributed by atoms with Crippen molar-refractivity contribution in [1.82, 2.24) is 0 Å². The van der Waals surface area contributed by atoms with Crippen LogP contribution in [0.5, 0.6) is 0 Å². The van der Waals surface area contributed by atoms with E-state index in [4.69, 9.17) is 0 Å². The largest absolute Gasteiger partial charge is 0.469 e. The summed E-state index contributed by atoms with van der Waals surface area (Å²) >= 11 is 0. The van der Waals surface area contributed by atoms with Crippen LogP contribution in [0.3, 0.4) is 0 Å². The van der Waals surface area contributed by atoms with Gasteiger partial charge < -0.3 is 4.74 Å². The van der Waals surface area contributed by atoms with Crippen molar-refractivity contribution < 1.29 is 9.53 Å². The molecule has 0 atom stereocenters. The molecule has 2 nitrogen and oxygen atoms in total. The summed E-state index contributed by atoms with van der Waals surface area (Å²) in [4.78, 5) is 10.8. The molecule has 0 N–H and O–H groups in total. The number of ether oxygens (including phenoxy) is 1. The summed E-state index contributed by atoms with van der Waals surface area (Å²) in [5.41, 5.74) is 0. The zero-order valence-electron chi connectivity index (χ0n) is 12.4. The smallest absolute Gasteiger partial charge is 0.309 e. The lowest BCUT2D eigenvalue weighted by Crippen LogP contribution is -2.00. The van der Waals surface area contributed by atoms with Crippen molar-refractivity contribution in [2.75, 3.05) is 7.11 Å². The molecule has 0 aliphatic rings. The lowest BCUT2D eigenvalue weighted by atomic mass is 10.0. The average molecular weight is 255 g/mol. The molecule has 0 heterocycles. The van der Waals surface area contributed by atoms with Gasteiger partial charge in [-0.2, -0.15) is 0 Å². The van der Waals surface area contributed by atoms with E-state index in [0.717, 1.165) is 12.8 Å². The fraction of sp³-hybridized carbons (Fsp3) is 0.875. The maximum absolute atomic E-state index is 10.8. The van der Waals surface area contributed by atoms with Crippen molar-refractivity contribution >= 4 is 5.97 Å². The van der Waals surface area contributed by atoms with E-state index in [1.807, 2.05) is 0 Å². The molecule has 0 amide bonds. The number of methoxy groups -OCH3 is 1. The van der Waals surface area contributed by atoms with Gasteiger partial charge in [0.1, 0.15) is 0 Å². The van der Waals surface area contributed by atoms with Crippen molar-refractivity contribution in [2.45, 2.75) is 84.0 Å². The molecule has 0 spiro atoms. The maximum Gasteiger partial charge on any atom is 0.309 e. The van der Waals surface area contributed by atoms with Crippen LogP contribution in [-0.4, -0.2) is 13.1 Å². The molecular formula is C16H31O2. The summed E-state index contributed by atoms with van der Waals surface area (Å²) in [5.74, 6) is -0.193. The third-order valence-electron chi connectivity index (χ3n) is 3.32. The summed E-state index contributed by atoms with van der Waals surface area (Å²) in [6, 6.07) is 0. The van der Waals surface area contributed by atoms with Gasteiger partial charge in [0.25, 0.3) is 0 Å². The first kappa shape index (κ1) is 17.5. The Bertz CT molecular complexity index is 178. The van der Waals surface area contributed by atoms with Crippen LogP contribution in [0, 0.1) is 6.42 Å². The summed E-state index contributed by atoms with van der Waals surface area (Å²) in [6.45, 7) is 2.26. The summed E-state index contributed by atoms with van der Waals surface area (Å²) in [5, 5.41) is 0. The highest BCUT2D eigenvalue weighted by molar-refractivity contribution is 5.78. The molecule has 2 heteroatoms. The van der Waals surface area contributed by atoms with Crippen LogP contribution >= 0.6 is 0 Å². The van der Waals surface area contributed by atoms with E-state index >= 15 is 0 Å². The Morgan fingerprint density at radius 1 is 0.833 bits per heavy atom. The molecule has 0 rings (SSSR count). The summed E-state index contributed by atoms with van der Waals surface area (Å²) < 4.78 is 4.56. The van der Waals surface area contributed by atoms with Gasteiger partial charge in [0.15, 0.2) is 0 Å². The van der Waals surface area contributed by atoms with Crippen molar-refractivity contribution in [3.05, 3.63) is 6.42 Å². The van der Waals surface area contributed by atoms with Crippen LogP contribution in [0.15, 0.2) is 0 Å². The van der Waals surface area contributed by atoms with Gasteiger partial charge in [0.05, 0.1) is 13.5 Å². The number of hydrogen-bond donors (Lipinski definition) is 0. The van der Waals surface area contributed by atoms with E-state index in [2.05, 4.69) is 11.7 Å². The molecule has 18 heavy (non-hydrogen) atoms. The molecule has 0 aliphatic heterocycles. The Hall–Kier alpha value is -0.530. The second-order valence-corrected chi connectivity index (χ2v) is 5.05. The zero-order chi connectivity index (χ0) is 13.5. The first-order chi connectivity index (χ1) is 8.81. The van der Waals surface area contributed by atoms with Crippen LogP contribution in [0.2, 0.25) is 0 Å². The Kier molecular flexibility index (Phi) is 14.1. The minimum atomic E-state index is -0.193. The highest BCUT2D eigenvalue weighted by Gasteiger charge is 1.99. The van der Waals surface area contributed by atoms with Gasteiger partial charge in [0.2, 0.25) is 0 Å².